The van der Waals surface area contributed by atoms with Gasteiger partial charge >= 0.3 is 0 Å². The second-order valence-corrected chi connectivity index (χ2v) is 8.93. The predicted molar refractivity (Wildman–Crippen MR) is 122 cm³/mol. The van der Waals surface area contributed by atoms with E-state index in [1.807, 2.05) is 58.1 Å². The molecule has 0 bridgehead atoms. The number of carbonyl (C=O) groups excluding carboxylic acids is 1. The zero-order chi connectivity index (χ0) is 21.6. The Morgan fingerprint density at radius 3 is 2.48 bits per heavy atom. The summed E-state index contributed by atoms with van der Waals surface area (Å²) < 4.78 is 0. The Hall–Kier alpha value is -3.38. The maximum atomic E-state index is 13.9. The third-order valence-electron chi connectivity index (χ3n) is 6.21. The molecule has 0 N–H and O–H groups in total. The number of nitriles is 2. The summed E-state index contributed by atoms with van der Waals surface area (Å²) in [6.07, 6.45) is 3.84. The molecule has 3 atom stereocenters. The minimum Gasteiger partial charge on any atom is -0.351 e. The number of hydrogen-bond donors (Lipinski definition) is 0. The Labute approximate surface area is 189 Å². The Morgan fingerprint density at radius 1 is 1.06 bits per heavy atom. The van der Waals surface area contributed by atoms with E-state index >= 15 is 0 Å². The summed E-state index contributed by atoms with van der Waals surface area (Å²) in [6.45, 7) is 0. The first-order valence-corrected chi connectivity index (χ1v) is 11.1. The largest absolute Gasteiger partial charge is 0.351 e. The number of hydrogen-bond acceptors (Lipinski definition) is 5. The van der Waals surface area contributed by atoms with E-state index in [2.05, 4.69) is 12.1 Å². The standard InChI is InChI=1S/C25H16ClN3OS/c26-19-8-5-17(6-9-19)24(30)23-22(18-11-12-31-13-18)25(14-27,15-28)21-10-7-16-3-1-2-4-20(16)29(21)23/h1-13,21-23H/t21-,22+,23+/m0/s1. The van der Waals surface area contributed by atoms with E-state index in [0.29, 0.717) is 10.6 Å². The van der Waals surface area contributed by atoms with Crippen molar-refractivity contribution in [2.45, 2.75) is 18.0 Å². The molecule has 31 heavy (non-hydrogen) atoms. The summed E-state index contributed by atoms with van der Waals surface area (Å²) in [5.41, 5.74) is 1.75. The van der Waals surface area contributed by atoms with Crippen LogP contribution in [0, 0.1) is 28.1 Å². The van der Waals surface area contributed by atoms with Gasteiger partial charge in [-0.2, -0.15) is 21.9 Å². The molecule has 3 aromatic rings. The van der Waals surface area contributed by atoms with Crippen molar-refractivity contribution < 1.29 is 4.79 Å². The summed E-state index contributed by atoms with van der Waals surface area (Å²) in [6, 6.07) is 19.9. The maximum Gasteiger partial charge on any atom is 0.185 e. The summed E-state index contributed by atoms with van der Waals surface area (Å²) in [5.74, 6) is -0.729. The normalized spacial score (nSPS) is 22.8. The monoisotopic (exact) mass is 441 g/mol. The maximum absolute atomic E-state index is 13.9. The molecule has 2 aromatic carbocycles. The second-order valence-electron chi connectivity index (χ2n) is 7.71. The van der Waals surface area contributed by atoms with Crippen molar-refractivity contribution in [2.24, 2.45) is 5.41 Å². The predicted octanol–water partition coefficient (Wildman–Crippen LogP) is 5.69. The number of rotatable bonds is 3. The van der Waals surface area contributed by atoms with Gasteiger partial charge in [0.1, 0.15) is 6.04 Å². The number of nitrogens with zero attached hydrogens (tertiary/aromatic N) is 3. The molecule has 0 amide bonds. The highest BCUT2D eigenvalue weighted by Crippen LogP contribution is 2.55. The van der Waals surface area contributed by atoms with Crippen LogP contribution in [0.4, 0.5) is 5.69 Å². The van der Waals surface area contributed by atoms with E-state index in [4.69, 9.17) is 11.6 Å². The quantitative estimate of drug-likeness (QED) is 0.490. The third kappa shape index (κ3) is 2.82. The van der Waals surface area contributed by atoms with Gasteiger partial charge in [-0.3, -0.25) is 4.79 Å². The first-order chi connectivity index (χ1) is 15.1. The Kier molecular flexibility index (Phi) is 4.67. The van der Waals surface area contributed by atoms with Crippen LogP contribution in [0.15, 0.2) is 71.4 Å². The van der Waals surface area contributed by atoms with Gasteiger partial charge in [0.05, 0.1) is 18.2 Å². The van der Waals surface area contributed by atoms with E-state index in [1.165, 1.54) is 11.3 Å². The number of Topliss-reactive ketones (excluding diaryl/α,β-unsaturated/α-hetero) is 1. The Bertz CT molecular complexity index is 1250. The lowest BCUT2D eigenvalue weighted by molar-refractivity contribution is 0.0951. The average molecular weight is 442 g/mol. The Balaban J connectivity index is 1.77. The highest BCUT2D eigenvalue weighted by molar-refractivity contribution is 7.08. The lowest BCUT2D eigenvalue weighted by Crippen LogP contribution is -2.44. The molecule has 0 radical (unpaired) electrons. The topological polar surface area (TPSA) is 67.9 Å². The van der Waals surface area contributed by atoms with Gasteiger partial charge in [-0.05, 0) is 58.3 Å². The smallest absolute Gasteiger partial charge is 0.185 e. The number of ketones is 1. The molecule has 1 aromatic heterocycles. The zero-order valence-corrected chi connectivity index (χ0v) is 17.8. The van der Waals surface area contributed by atoms with Crippen LogP contribution in [0.5, 0.6) is 0 Å². The van der Waals surface area contributed by atoms with Crippen LogP contribution in [0.1, 0.15) is 27.4 Å². The number of halogens is 1. The first kappa shape index (κ1) is 19.6. The molecule has 4 nitrogen and oxygen atoms in total. The fourth-order valence-electron chi connectivity index (χ4n) is 4.84. The highest BCUT2D eigenvalue weighted by atomic mass is 35.5. The molecule has 0 spiro atoms. The van der Waals surface area contributed by atoms with Gasteiger partial charge < -0.3 is 4.90 Å². The molecule has 6 heteroatoms. The summed E-state index contributed by atoms with van der Waals surface area (Å²) >= 11 is 7.53. The van der Waals surface area contributed by atoms with Crippen LogP contribution >= 0.6 is 22.9 Å². The van der Waals surface area contributed by atoms with Crippen LogP contribution in [-0.4, -0.2) is 17.9 Å². The van der Waals surface area contributed by atoms with Crippen molar-refractivity contribution in [1.29, 1.82) is 10.5 Å². The molecule has 1 saturated heterocycles. The molecule has 2 aliphatic rings. The van der Waals surface area contributed by atoms with Gasteiger partial charge in [-0.1, -0.05) is 42.0 Å². The number of carbonyl (C=O) groups is 1. The van der Waals surface area contributed by atoms with Crippen LogP contribution in [0.3, 0.4) is 0 Å². The average Bonchev–Trinajstić information content (AvgIpc) is 3.43. The molecule has 0 saturated carbocycles. The van der Waals surface area contributed by atoms with Crippen LogP contribution in [0.2, 0.25) is 5.02 Å². The van der Waals surface area contributed by atoms with Gasteiger partial charge in [-0.25, -0.2) is 0 Å². The highest BCUT2D eigenvalue weighted by Gasteiger charge is 2.63. The van der Waals surface area contributed by atoms with Crippen molar-refractivity contribution >= 4 is 40.5 Å². The molecule has 2 aliphatic heterocycles. The molecule has 3 heterocycles. The van der Waals surface area contributed by atoms with E-state index in [-0.39, 0.29) is 5.78 Å². The summed E-state index contributed by atoms with van der Waals surface area (Å²) in [5, 5.41) is 25.0. The second kappa shape index (κ2) is 7.39. The number of fused-ring (bicyclic) bond motifs is 3. The van der Waals surface area contributed by atoms with E-state index in [9.17, 15) is 15.3 Å². The first-order valence-electron chi connectivity index (χ1n) is 9.80. The fraction of sp³-hybridized carbons (Fsp3) is 0.160. The van der Waals surface area contributed by atoms with Crippen molar-refractivity contribution in [3.05, 3.63) is 93.1 Å². The molecule has 0 unspecified atom stereocenters. The minimum absolute atomic E-state index is 0.129. The van der Waals surface area contributed by atoms with Crippen molar-refractivity contribution in [2.75, 3.05) is 4.90 Å². The van der Waals surface area contributed by atoms with Gasteiger partial charge in [-0.15, -0.1) is 0 Å². The summed E-state index contributed by atoms with van der Waals surface area (Å²) in [7, 11) is 0. The van der Waals surface area contributed by atoms with Crippen molar-refractivity contribution in [3.8, 4) is 12.1 Å². The van der Waals surface area contributed by atoms with Crippen LogP contribution in [0.25, 0.3) is 6.08 Å². The zero-order valence-electron chi connectivity index (χ0n) is 16.3. The SMILES string of the molecule is N#CC1(C#N)[C@H](c2ccsc2)[C@H](C(=O)c2ccc(Cl)cc2)N2c3ccccc3C=C[C@H]21. The van der Waals surface area contributed by atoms with E-state index < -0.39 is 23.4 Å². The fourth-order valence-corrected chi connectivity index (χ4v) is 5.67. The number of anilines is 1. The lowest BCUT2D eigenvalue weighted by Gasteiger charge is -2.35. The van der Waals surface area contributed by atoms with E-state index in [0.717, 1.165) is 16.8 Å². The van der Waals surface area contributed by atoms with Gasteiger partial charge in [0, 0.05) is 22.2 Å². The molecule has 5 rings (SSSR count). The van der Waals surface area contributed by atoms with Gasteiger partial charge in [0.2, 0.25) is 0 Å². The summed E-state index contributed by atoms with van der Waals surface area (Å²) in [4.78, 5) is 15.9. The van der Waals surface area contributed by atoms with E-state index in [1.54, 1.807) is 24.3 Å². The third-order valence-corrected chi connectivity index (χ3v) is 7.17. The van der Waals surface area contributed by atoms with Crippen LogP contribution in [-0.2, 0) is 0 Å². The number of para-hydroxylation sites is 1. The van der Waals surface area contributed by atoms with Gasteiger partial charge in [0.25, 0.3) is 0 Å². The molecular weight excluding hydrogens is 426 g/mol. The van der Waals surface area contributed by atoms with Crippen molar-refractivity contribution in [3.63, 3.8) is 0 Å². The van der Waals surface area contributed by atoms with Crippen LogP contribution < -0.4 is 4.90 Å². The molecule has 0 aliphatic carbocycles. The van der Waals surface area contributed by atoms with Crippen molar-refractivity contribution in [1.82, 2.24) is 0 Å². The number of benzene rings is 2. The van der Waals surface area contributed by atoms with Gasteiger partial charge in [0.15, 0.2) is 11.2 Å². The molecule has 150 valence electrons. The molecule has 1 fully saturated rings. The molecular formula is C25H16ClN3OS. The lowest BCUT2D eigenvalue weighted by atomic mass is 9.69. The number of thiophene rings is 1. The Morgan fingerprint density at radius 2 is 1.81 bits per heavy atom. The minimum atomic E-state index is -1.40.